The number of benzene rings is 1. The van der Waals surface area contributed by atoms with Crippen molar-refractivity contribution < 1.29 is 5.11 Å². The molecule has 82 valence electrons. The predicted molar refractivity (Wildman–Crippen MR) is 61.7 cm³/mol. The highest BCUT2D eigenvalue weighted by molar-refractivity contribution is 5.17. The Labute approximate surface area is 91.3 Å². The van der Waals surface area contributed by atoms with Crippen molar-refractivity contribution in [3.63, 3.8) is 0 Å². The molecule has 1 aromatic rings. The van der Waals surface area contributed by atoms with E-state index in [1.54, 1.807) is 0 Å². The zero-order chi connectivity index (χ0) is 10.7. The molecule has 0 saturated carbocycles. The van der Waals surface area contributed by atoms with Gasteiger partial charge in [-0.2, -0.15) is 0 Å². The van der Waals surface area contributed by atoms with Crippen LogP contribution in [0.1, 0.15) is 18.9 Å². The molecular formula is C13H19NO. The van der Waals surface area contributed by atoms with Gasteiger partial charge in [-0.3, -0.25) is 0 Å². The minimum absolute atomic E-state index is 0.325. The summed E-state index contributed by atoms with van der Waals surface area (Å²) in [6, 6.07) is 10.3. The molecule has 0 bridgehead atoms. The summed E-state index contributed by atoms with van der Waals surface area (Å²) in [6.07, 6.45) is 1.62. The van der Waals surface area contributed by atoms with Gasteiger partial charge in [0.05, 0.1) is 5.60 Å². The largest absolute Gasteiger partial charge is 0.389 e. The Balaban J connectivity index is 2.09. The Kier molecular flexibility index (Phi) is 3.08. The van der Waals surface area contributed by atoms with E-state index in [0.717, 1.165) is 25.9 Å². The van der Waals surface area contributed by atoms with Crippen molar-refractivity contribution >= 4 is 0 Å². The fraction of sp³-hybridized carbons (Fsp3) is 0.538. The Bertz CT molecular complexity index is 312. The zero-order valence-corrected chi connectivity index (χ0v) is 9.24. The monoisotopic (exact) mass is 205 g/mol. The summed E-state index contributed by atoms with van der Waals surface area (Å²) < 4.78 is 0. The van der Waals surface area contributed by atoms with Crippen molar-refractivity contribution in [1.82, 2.24) is 5.32 Å². The number of aliphatic hydroxyl groups is 1. The van der Waals surface area contributed by atoms with Gasteiger partial charge in [-0.25, -0.2) is 0 Å². The Hall–Kier alpha value is -0.860. The van der Waals surface area contributed by atoms with E-state index in [2.05, 4.69) is 24.4 Å². The maximum Gasteiger partial charge on any atom is 0.0737 e. The van der Waals surface area contributed by atoms with Crippen LogP contribution in [0.15, 0.2) is 30.3 Å². The van der Waals surface area contributed by atoms with Crippen molar-refractivity contribution in [2.24, 2.45) is 5.92 Å². The first-order valence-corrected chi connectivity index (χ1v) is 5.68. The molecule has 1 heterocycles. The summed E-state index contributed by atoms with van der Waals surface area (Å²) in [5, 5.41) is 13.9. The highest BCUT2D eigenvalue weighted by atomic mass is 16.3. The van der Waals surface area contributed by atoms with Gasteiger partial charge in [-0.1, -0.05) is 37.3 Å². The summed E-state index contributed by atoms with van der Waals surface area (Å²) >= 11 is 0. The van der Waals surface area contributed by atoms with Crippen LogP contribution in [0.25, 0.3) is 0 Å². The van der Waals surface area contributed by atoms with Gasteiger partial charge >= 0.3 is 0 Å². The smallest absolute Gasteiger partial charge is 0.0737 e. The second kappa shape index (κ2) is 4.33. The first-order valence-electron chi connectivity index (χ1n) is 5.68. The lowest BCUT2D eigenvalue weighted by molar-refractivity contribution is -0.0329. The summed E-state index contributed by atoms with van der Waals surface area (Å²) in [5.74, 6) is 0.325. The molecule has 1 fully saturated rings. The average Bonchev–Trinajstić information content (AvgIpc) is 2.24. The molecule has 0 amide bonds. The third-order valence-corrected chi connectivity index (χ3v) is 3.46. The SMILES string of the molecule is CC1CNCCC1(O)Cc1ccccc1. The minimum atomic E-state index is -0.521. The van der Waals surface area contributed by atoms with Gasteiger partial charge < -0.3 is 10.4 Å². The van der Waals surface area contributed by atoms with E-state index in [1.165, 1.54) is 5.56 Å². The van der Waals surface area contributed by atoms with Gasteiger partial charge in [0.25, 0.3) is 0 Å². The van der Waals surface area contributed by atoms with Crippen LogP contribution in [0.4, 0.5) is 0 Å². The molecule has 2 unspecified atom stereocenters. The molecule has 1 aliphatic rings. The van der Waals surface area contributed by atoms with Crippen molar-refractivity contribution in [3.8, 4) is 0 Å². The molecule has 2 nitrogen and oxygen atoms in total. The van der Waals surface area contributed by atoms with E-state index in [-0.39, 0.29) is 0 Å². The lowest BCUT2D eigenvalue weighted by Crippen LogP contribution is -2.50. The van der Waals surface area contributed by atoms with Gasteiger partial charge in [0.2, 0.25) is 0 Å². The maximum atomic E-state index is 10.6. The van der Waals surface area contributed by atoms with Gasteiger partial charge in [-0.15, -0.1) is 0 Å². The fourth-order valence-corrected chi connectivity index (χ4v) is 2.27. The van der Waals surface area contributed by atoms with Crippen LogP contribution >= 0.6 is 0 Å². The van der Waals surface area contributed by atoms with Crippen LogP contribution in [-0.4, -0.2) is 23.8 Å². The van der Waals surface area contributed by atoms with E-state index in [4.69, 9.17) is 0 Å². The lowest BCUT2D eigenvalue weighted by Gasteiger charge is -2.38. The van der Waals surface area contributed by atoms with Crippen molar-refractivity contribution in [2.45, 2.75) is 25.4 Å². The van der Waals surface area contributed by atoms with Gasteiger partial charge in [0.1, 0.15) is 0 Å². The average molecular weight is 205 g/mol. The molecule has 15 heavy (non-hydrogen) atoms. The Morgan fingerprint density at radius 2 is 2.13 bits per heavy atom. The molecule has 2 N–H and O–H groups in total. The van der Waals surface area contributed by atoms with Crippen molar-refractivity contribution in [3.05, 3.63) is 35.9 Å². The second-order valence-electron chi connectivity index (χ2n) is 4.62. The summed E-state index contributed by atoms with van der Waals surface area (Å²) in [6.45, 7) is 3.96. The van der Waals surface area contributed by atoms with E-state index < -0.39 is 5.60 Å². The zero-order valence-electron chi connectivity index (χ0n) is 9.24. The molecular weight excluding hydrogens is 186 g/mol. The second-order valence-corrected chi connectivity index (χ2v) is 4.62. The van der Waals surface area contributed by atoms with Gasteiger partial charge in [0.15, 0.2) is 0 Å². The molecule has 2 atom stereocenters. The number of rotatable bonds is 2. The lowest BCUT2D eigenvalue weighted by atomic mass is 9.78. The molecule has 1 aliphatic heterocycles. The number of hydrogen-bond acceptors (Lipinski definition) is 2. The van der Waals surface area contributed by atoms with Crippen LogP contribution in [0.2, 0.25) is 0 Å². The Morgan fingerprint density at radius 1 is 1.40 bits per heavy atom. The summed E-state index contributed by atoms with van der Waals surface area (Å²) in [7, 11) is 0. The van der Waals surface area contributed by atoms with Crippen LogP contribution in [0.3, 0.4) is 0 Å². The van der Waals surface area contributed by atoms with Gasteiger partial charge in [0, 0.05) is 13.0 Å². The molecule has 1 saturated heterocycles. The standard InChI is InChI=1S/C13H19NO/c1-11-10-14-8-7-13(11,15)9-12-5-3-2-4-6-12/h2-6,11,14-15H,7-10H2,1H3. The first kappa shape index (κ1) is 10.7. The third kappa shape index (κ3) is 2.39. The number of piperidine rings is 1. The highest BCUT2D eigenvalue weighted by Crippen LogP contribution is 2.27. The van der Waals surface area contributed by atoms with Crippen LogP contribution in [-0.2, 0) is 6.42 Å². The minimum Gasteiger partial charge on any atom is -0.389 e. The summed E-state index contributed by atoms with van der Waals surface area (Å²) in [4.78, 5) is 0. The molecule has 0 aliphatic carbocycles. The summed E-state index contributed by atoms with van der Waals surface area (Å²) in [5.41, 5.74) is 0.709. The quantitative estimate of drug-likeness (QED) is 0.768. The van der Waals surface area contributed by atoms with E-state index >= 15 is 0 Å². The van der Waals surface area contributed by atoms with Crippen molar-refractivity contribution in [2.75, 3.05) is 13.1 Å². The number of nitrogens with one attached hydrogen (secondary N) is 1. The topological polar surface area (TPSA) is 32.3 Å². The molecule has 0 radical (unpaired) electrons. The van der Waals surface area contributed by atoms with Crippen LogP contribution in [0.5, 0.6) is 0 Å². The molecule has 2 heteroatoms. The van der Waals surface area contributed by atoms with E-state index in [1.807, 2.05) is 18.2 Å². The van der Waals surface area contributed by atoms with E-state index in [0.29, 0.717) is 5.92 Å². The van der Waals surface area contributed by atoms with E-state index in [9.17, 15) is 5.11 Å². The predicted octanol–water partition coefficient (Wildman–Crippen LogP) is 1.59. The Morgan fingerprint density at radius 3 is 2.80 bits per heavy atom. The van der Waals surface area contributed by atoms with Gasteiger partial charge in [-0.05, 0) is 24.4 Å². The maximum absolute atomic E-state index is 10.6. The molecule has 2 rings (SSSR count). The first-order chi connectivity index (χ1) is 7.21. The van der Waals surface area contributed by atoms with Crippen molar-refractivity contribution in [1.29, 1.82) is 0 Å². The highest BCUT2D eigenvalue weighted by Gasteiger charge is 2.35. The fourth-order valence-electron chi connectivity index (χ4n) is 2.27. The third-order valence-electron chi connectivity index (χ3n) is 3.46. The normalized spacial score (nSPS) is 31.5. The molecule has 1 aromatic carbocycles. The van der Waals surface area contributed by atoms with Crippen LogP contribution < -0.4 is 5.32 Å². The number of hydrogen-bond donors (Lipinski definition) is 2. The van der Waals surface area contributed by atoms with Crippen LogP contribution in [0, 0.1) is 5.92 Å². The molecule has 0 aromatic heterocycles. The molecule has 0 spiro atoms.